The maximum absolute atomic E-state index is 8.90. The lowest BCUT2D eigenvalue weighted by molar-refractivity contribution is 0.262. The summed E-state index contributed by atoms with van der Waals surface area (Å²) in [6.07, 6.45) is 1.83. The molecule has 0 amide bonds. The summed E-state index contributed by atoms with van der Waals surface area (Å²) in [5.41, 5.74) is 1.29. The van der Waals surface area contributed by atoms with Crippen molar-refractivity contribution in [3.05, 3.63) is 34.3 Å². The number of hydrogen-bond donors (Lipinski definition) is 2. The molecule has 2 nitrogen and oxygen atoms in total. The van der Waals surface area contributed by atoms with Crippen LogP contribution in [0.2, 0.25) is 0 Å². The van der Waals surface area contributed by atoms with Gasteiger partial charge in [0.15, 0.2) is 0 Å². The van der Waals surface area contributed by atoms with Crippen LogP contribution in [-0.4, -0.2) is 17.8 Å². The normalized spacial score (nSPS) is 14.8. The fraction of sp³-hybridized carbons (Fsp3) is 0.538. The monoisotopic (exact) mass is 285 g/mol. The van der Waals surface area contributed by atoms with Gasteiger partial charge in [0.05, 0.1) is 0 Å². The first-order valence-electron chi connectivity index (χ1n) is 5.80. The Morgan fingerprint density at radius 3 is 2.62 bits per heavy atom. The molecule has 3 heteroatoms. The van der Waals surface area contributed by atoms with E-state index >= 15 is 0 Å². The van der Waals surface area contributed by atoms with Crippen molar-refractivity contribution in [3.63, 3.8) is 0 Å². The van der Waals surface area contributed by atoms with Crippen LogP contribution < -0.4 is 5.32 Å². The Kier molecular flexibility index (Phi) is 6.03. The fourth-order valence-corrected chi connectivity index (χ4v) is 2.37. The van der Waals surface area contributed by atoms with Crippen molar-refractivity contribution in [2.45, 2.75) is 38.8 Å². The Bertz CT molecular complexity index is 317. The van der Waals surface area contributed by atoms with E-state index in [1.807, 2.05) is 6.07 Å². The minimum absolute atomic E-state index is 0.237. The molecule has 0 bridgehead atoms. The van der Waals surface area contributed by atoms with Crippen molar-refractivity contribution in [1.29, 1.82) is 0 Å². The lowest BCUT2D eigenvalue weighted by atomic mass is 10.0. The van der Waals surface area contributed by atoms with Crippen molar-refractivity contribution in [2.24, 2.45) is 0 Å². The lowest BCUT2D eigenvalue weighted by Crippen LogP contribution is -2.31. The van der Waals surface area contributed by atoms with Crippen LogP contribution in [0.15, 0.2) is 28.7 Å². The van der Waals surface area contributed by atoms with Gasteiger partial charge in [0.1, 0.15) is 0 Å². The van der Waals surface area contributed by atoms with Crippen molar-refractivity contribution in [3.8, 4) is 0 Å². The Hall–Kier alpha value is -0.380. The molecule has 90 valence electrons. The highest BCUT2D eigenvalue weighted by atomic mass is 79.9. The van der Waals surface area contributed by atoms with E-state index < -0.39 is 0 Å². The third kappa shape index (κ3) is 3.89. The third-order valence-corrected chi connectivity index (χ3v) is 3.46. The summed E-state index contributed by atoms with van der Waals surface area (Å²) >= 11 is 3.58. The van der Waals surface area contributed by atoms with Crippen LogP contribution in [0.3, 0.4) is 0 Å². The Morgan fingerprint density at radius 1 is 1.38 bits per heavy atom. The van der Waals surface area contributed by atoms with Crippen molar-refractivity contribution < 1.29 is 5.11 Å². The molecule has 0 spiro atoms. The number of benzene rings is 1. The molecule has 0 aliphatic rings. The van der Waals surface area contributed by atoms with Crippen molar-refractivity contribution >= 4 is 15.9 Å². The zero-order valence-corrected chi connectivity index (χ0v) is 11.5. The quantitative estimate of drug-likeness (QED) is 0.841. The molecule has 0 aromatic heterocycles. The summed E-state index contributed by atoms with van der Waals surface area (Å²) in [7, 11) is 0. The second kappa shape index (κ2) is 7.05. The van der Waals surface area contributed by atoms with Crippen molar-refractivity contribution in [1.82, 2.24) is 5.32 Å². The summed E-state index contributed by atoms with van der Waals surface area (Å²) < 4.78 is 1.14. The second-order valence-electron chi connectivity index (χ2n) is 4.06. The highest BCUT2D eigenvalue weighted by Crippen LogP contribution is 2.25. The van der Waals surface area contributed by atoms with Gasteiger partial charge in [0.2, 0.25) is 0 Å². The first-order chi connectivity index (χ1) is 7.69. The van der Waals surface area contributed by atoms with Crippen LogP contribution in [0, 0.1) is 0 Å². The number of halogens is 1. The molecule has 1 aromatic carbocycles. The molecule has 0 saturated carbocycles. The van der Waals surface area contributed by atoms with Gasteiger partial charge >= 0.3 is 0 Å². The van der Waals surface area contributed by atoms with E-state index in [-0.39, 0.29) is 6.61 Å². The Balaban J connectivity index is 2.71. The highest BCUT2D eigenvalue weighted by Gasteiger charge is 2.14. The molecule has 1 aromatic rings. The first kappa shape index (κ1) is 13.7. The summed E-state index contributed by atoms with van der Waals surface area (Å²) in [5, 5.41) is 12.4. The molecule has 0 saturated heterocycles. The van der Waals surface area contributed by atoms with Gasteiger partial charge in [-0.1, -0.05) is 41.1 Å². The summed E-state index contributed by atoms with van der Waals surface area (Å²) in [5.74, 6) is 0. The van der Waals surface area contributed by atoms with Crippen LogP contribution in [0.4, 0.5) is 0 Å². The molecule has 2 atom stereocenters. The van der Waals surface area contributed by atoms with Gasteiger partial charge in [-0.15, -0.1) is 0 Å². The van der Waals surface area contributed by atoms with E-state index in [2.05, 4.69) is 53.3 Å². The average Bonchev–Trinajstić information content (AvgIpc) is 2.27. The molecule has 0 radical (unpaired) electrons. The van der Waals surface area contributed by atoms with Gasteiger partial charge < -0.3 is 10.4 Å². The minimum Gasteiger partial charge on any atom is -0.396 e. The van der Waals surface area contributed by atoms with Gasteiger partial charge in [-0.05, 0) is 31.4 Å². The standard InChI is InChI=1S/C13H20BrNO/c1-3-13(15-10(2)8-9-16)11-6-4-5-7-12(11)14/h4-7,10,13,15-16H,3,8-9H2,1-2H3. The predicted octanol–water partition coefficient (Wildman–Crippen LogP) is 3.26. The largest absolute Gasteiger partial charge is 0.396 e. The zero-order chi connectivity index (χ0) is 12.0. The summed E-state index contributed by atoms with van der Waals surface area (Å²) in [6, 6.07) is 8.96. The topological polar surface area (TPSA) is 32.3 Å². The number of rotatable bonds is 6. The van der Waals surface area contributed by atoms with Crippen LogP contribution in [0.1, 0.15) is 38.3 Å². The van der Waals surface area contributed by atoms with E-state index in [1.54, 1.807) is 0 Å². The van der Waals surface area contributed by atoms with Gasteiger partial charge in [-0.3, -0.25) is 0 Å². The molecule has 0 heterocycles. The molecule has 2 unspecified atom stereocenters. The van der Waals surface area contributed by atoms with Crippen LogP contribution >= 0.6 is 15.9 Å². The number of aliphatic hydroxyl groups is 1. The maximum Gasteiger partial charge on any atom is 0.0445 e. The number of hydrogen-bond acceptors (Lipinski definition) is 2. The molecule has 0 aliphatic heterocycles. The molecular weight excluding hydrogens is 266 g/mol. The molecule has 0 fully saturated rings. The zero-order valence-electron chi connectivity index (χ0n) is 9.91. The SMILES string of the molecule is CCC(NC(C)CCO)c1ccccc1Br. The smallest absolute Gasteiger partial charge is 0.0445 e. The van der Waals surface area contributed by atoms with E-state index in [1.165, 1.54) is 5.56 Å². The summed E-state index contributed by atoms with van der Waals surface area (Å²) in [4.78, 5) is 0. The maximum atomic E-state index is 8.90. The van der Waals surface area contributed by atoms with E-state index in [0.717, 1.165) is 17.3 Å². The molecular formula is C13H20BrNO. The first-order valence-corrected chi connectivity index (χ1v) is 6.59. The second-order valence-corrected chi connectivity index (χ2v) is 4.92. The molecule has 16 heavy (non-hydrogen) atoms. The van der Waals surface area contributed by atoms with E-state index in [0.29, 0.717) is 12.1 Å². The van der Waals surface area contributed by atoms with Gasteiger partial charge in [0.25, 0.3) is 0 Å². The number of aliphatic hydroxyl groups excluding tert-OH is 1. The number of nitrogens with one attached hydrogen (secondary N) is 1. The lowest BCUT2D eigenvalue weighted by Gasteiger charge is -2.23. The molecule has 2 N–H and O–H groups in total. The Labute approximate surface area is 106 Å². The van der Waals surface area contributed by atoms with E-state index in [4.69, 9.17) is 5.11 Å². The van der Waals surface area contributed by atoms with E-state index in [9.17, 15) is 0 Å². The van der Waals surface area contributed by atoms with Crippen LogP contribution in [0.5, 0.6) is 0 Å². The molecule has 0 aliphatic carbocycles. The fourth-order valence-electron chi connectivity index (χ4n) is 1.81. The Morgan fingerprint density at radius 2 is 2.06 bits per heavy atom. The highest BCUT2D eigenvalue weighted by molar-refractivity contribution is 9.10. The third-order valence-electron chi connectivity index (χ3n) is 2.74. The van der Waals surface area contributed by atoms with Gasteiger partial charge in [-0.2, -0.15) is 0 Å². The predicted molar refractivity (Wildman–Crippen MR) is 71.5 cm³/mol. The average molecular weight is 286 g/mol. The van der Waals surface area contributed by atoms with Gasteiger partial charge in [0, 0.05) is 23.2 Å². The minimum atomic E-state index is 0.237. The molecule has 1 rings (SSSR count). The van der Waals surface area contributed by atoms with Crippen molar-refractivity contribution in [2.75, 3.05) is 6.61 Å². The van der Waals surface area contributed by atoms with Gasteiger partial charge in [-0.25, -0.2) is 0 Å². The van der Waals surface area contributed by atoms with Crippen LogP contribution in [-0.2, 0) is 0 Å². The summed E-state index contributed by atoms with van der Waals surface area (Å²) in [6.45, 7) is 4.51. The van der Waals surface area contributed by atoms with Crippen LogP contribution in [0.25, 0.3) is 0 Å².